The quantitative estimate of drug-likeness (QED) is 0.736. The number of alkyl halides is 3. The number of carbonyl (C=O) groups is 4. The van der Waals surface area contributed by atoms with Crippen molar-refractivity contribution >= 4 is 35.3 Å². The van der Waals surface area contributed by atoms with Crippen LogP contribution in [0, 0.1) is 11.7 Å². The van der Waals surface area contributed by atoms with Crippen LogP contribution in [0.3, 0.4) is 0 Å². The maximum absolute atomic E-state index is 13.8. The number of nitrogens with one attached hydrogen (secondary N) is 2. The van der Waals surface area contributed by atoms with Gasteiger partial charge < -0.3 is 5.32 Å². The maximum atomic E-state index is 13.8. The van der Waals surface area contributed by atoms with E-state index in [9.17, 15) is 36.7 Å². The highest BCUT2D eigenvalue weighted by atomic mass is 19.4. The molecule has 2 aliphatic heterocycles. The van der Waals surface area contributed by atoms with Crippen molar-refractivity contribution in [2.24, 2.45) is 10.9 Å². The summed E-state index contributed by atoms with van der Waals surface area (Å²) >= 11 is 0. The molecule has 0 spiro atoms. The molecule has 1 saturated heterocycles. The van der Waals surface area contributed by atoms with E-state index in [0.717, 1.165) is 31.2 Å². The average molecular weight is 386 g/mol. The van der Waals surface area contributed by atoms with Gasteiger partial charge in [-0.1, -0.05) is 0 Å². The van der Waals surface area contributed by atoms with Gasteiger partial charge in [-0.05, 0) is 24.3 Å². The number of carbonyl (C=O) groups excluding carboxylic acids is 4. The lowest BCUT2D eigenvalue weighted by atomic mass is 9.81. The fraction of sp³-hybridized carbons (Fsp3) is 0.267. The number of urea groups is 1. The fourth-order valence-electron chi connectivity index (χ4n) is 3.00. The van der Waals surface area contributed by atoms with E-state index in [1.54, 1.807) is 5.32 Å². The maximum Gasteiger partial charge on any atom is 0.422 e. The third kappa shape index (κ3) is 2.64. The molecule has 2 N–H and O–H groups in total. The van der Waals surface area contributed by atoms with Crippen LogP contribution >= 0.6 is 0 Å². The lowest BCUT2D eigenvalue weighted by molar-refractivity contribution is -0.205. The highest BCUT2D eigenvalue weighted by molar-refractivity contribution is 6.35. The zero-order valence-corrected chi connectivity index (χ0v) is 13.4. The van der Waals surface area contributed by atoms with E-state index in [1.807, 2.05) is 0 Å². The van der Waals surface area contributed by atoms with Crippen molar-refractivity contribution in [2.45, 2.75) is 18.6 Å². The molecule has 1 fully saturated rings. The summed E-state index contributed by atoms with van der Waals surface area (Å²) in [6.07, 6.45) is -5.39. The minimum Gasteiger partial charge on any atom is -0.333 e. The van der Waals surface area contributed by atoms with Crippen molar-refractivity contribution in [3.8, 4) is 0 Å². The van der Waals surface area contributed by atoms with Crippen molar-refractivity contribution in [1.29, 1.82) is 0 Å². The number of hydrogen-bond donors (Lipinski definition) is 2. The van der Waals surface area contributed by atoms with E-state index in [-0.39, 0.29) is 5.69 Å². The van der Waals surface area contributed by atoms with Crippen molar-refractivity contribution in [3.05, 3.63) is 30.1 Å². The predicted molar refractivity (Wildman–Crippen MR) is 81.0 cm³/mol. The molecular formula is C15H10F4N4O4. The molecule has 1 aromatic carbocycles. The summed E-state index contributed by atoms with van der Waals surface area (Å²) in [5.41, 5.74) is -3.78. The largest absolute Gasteiger partial charge is 0.422 e. The molecule has 2 aliphatic rings. The standard InChI is InChI=1S/C15H10F4N4O4/c1-6(24)22-14(15(17,18)19)9-10(20-12(14)26)23(13(27)21-11(9)25)8-4-2-7(16)3-5-8/h2-5,9H,1H3,(H,22,24)(H,21,25,27). The average Bonchev–Trinajstić information content (AvgIpc) is 2.82. The second-order valence-corrected chi connectivity index (χ2v) is 5.80. The Bertz CT molecular complexity index is 896. The molecule has 0 aliphatic carbocycles. The van der Waals surface area contributed by atoms with Gasteiger partial charge in [0.25, 0.3) is 5.91 Å². The number of halogens is 4. The van der Waals surface area contributed by atoms with Gasteiger partial charge in [0.1, 0.15) is 17.6 Å². The summed E-state index contributed by atoms with van der Waals surface area (Å²) < 4.78 is 54.5. The second kappa shape index (κ2) is 5.86. The molecule has 142 valence electrons. The minimum absolute atomic E-state index is 0.126. The number of imide groups is 1. The molecule has 0 aromatic heterocycles. The molecule has 2 heterocycles. The zero-order chi connectivity index (χ0) is 20.1. The SMILES string of the molecule is CC(=O)NC1(C(F)(F)F)C(=O)N=C2C1C(=O)NC(=O)N2c1ccc(F)cc1. The molecule has 27 heavy (non-hydrogen) atoms. The first-order chi connectivity index (χ1) is 12.5. The molecule has 8 nitrogen and oxygen atoms in total. The second-order valence-electron chi connectivity index (χ2n) is 5.80. The number of amidine groups is 1. The van der Waals surface area contributed by atoms with E-state index >= 15 is 0 Å². The molecule has 0 radical (unpaired) electrons. The van der Waals surface area contributed by atoms with Crippen LogP contribution < -0.4 is 15.5 Å². The number of rotatable bonds is 2. The van der Waals surface area contributed by atoms with Crippen LogP contribution in [0.4, 0.5) is 28.0 Å². The molecule has 0 bridgehead atoms. The van der Waals surface area contributed by atoms with Crippen molar-refractivity contribution in [2.75, 3.05) is 4.90 Å². The van der Waals surface area contributed by atoms with E-state index in [4.69, 9.17) is 0 Å². The number of aliphatic imine (C=N–C) groups is 1. The van der Waals surface area contributed by atoms with Crippen molar-refractivity contribution in [1.82, 2.24) is 10.6 Å². The summed E-state index contributed by atoms with van der Waals surface area (Å²) in [4.78, 5) is 51.8. The van der Waals surface area contributed by atoms with Gasteiger partial charge in [0.05, 0.1) is 5.69 Å². The molecule has 3 rings (SSSR count). The Labute approximate surface area is 148 Å². The lowest BCUT2D eigenvalue weighted by Gasteiger charge is -2.38. The Balaban J connectivity index is 2.18. The van der Waals surface area contributed by atoms with Gasteiger partial charge in [-0.3, -0.25) is 19.7 Å². The van der Waals surface area contributed by atoms with Crippen LogP contribution in [0.25, 0.3) is 0 Å². The van der Waals surface area contributed by atoms with Gasteiger partial charge in [0.2, 0.25) is 17.4 Å². The highest BCUT2D eigenvalue weighted by Gasteiger charge is 2.73. The summed E-state index contributed by atoms with van der Waals surface area (Å²) in [7, 11) is 0. The Morgan fingerprint density at radius 1 is 1.22 bits per heavy atom. The van der Waals surface area contributed by atoms with E-state index in [1.165, 1.54) is 5.32 Å². The third-order valence-corrected chi connectivity index (χ3v) is 4.07. The molecular weight excluding hydrogens is 376 g/mol. The first-order valence-electron chi connectivity index (χ1n) is 7.38. The summed E-state index contributed by atoms with van der Waals surface area (Å²) in [5.74, 6) is -8.36. The predicted octanol–water partition coefficient (Wildman–Crippen LogP) is 0.874. The first-order valence-corrected chi connectivity index (χ1v) is 7.38. The Morgan fingerprint density at radius 2 is 1.81 bits per heavy atom. The molecule has 2 atom stereocenters. The highest BCUT2D eigenvalue weighted by Crippen LogP contribution is 2.44. The van der Waals surface area contributed by atoms with Gasteiger partial charge in [-0.25, -0.2) is 14.1 Å². The molecule has 12 heteroatoms. The van der Waals surface area contributed by atoms with Gasteiger partial charge >= 0.3 is 12.2 Å². The molecule has 1 aromatic rings. The smallest absolute Gasteiger partial charge is 0.333 e. The van der Waals surface area contributed by atoms with E-state index in [0.29, 0.717) is 4.90 Å². The summed E-state index contributed by atoms with van der Waals surface area (Å²) in [5, 5.41) is 3.19. The normalized spacial score (nSPS) is 25.1. The number of hydrogen-bond acceptors (Lipinski definition) is 4. The van der Waals surface area contributed by atoms with Gasteiger partial charge in [0.15, 0.2) is 0 Å². The van der Waals surface area contributed by atoms with Crippen LogP contribution in [-0.4, -0.2) is 41.3 Å². The van der Waals surface area contributed by atoms with Gasteiger partial charge in [0, 0.05) is 6.92 Å². The number of amides is 5. The van der Waals surface area contributed by atoms with Crippen molar-refractivity contribution in [3.63, 3.8) is 0 Å². The number of nitrogens with zero attached hydrogens (tertiary/aromatic N) is 2. The monoisotopic (exact) mass is 386 g/mol. The number of fused-ring (bicyclic) bond motifs is 1. The molecule has 0 saturated carbocycles. The van der Waals surface area contributed by atoms with E-state index in [2.05, 4.69) is 4.99 Å². The minimum atomic E-state index is -5.39. The molecule has 2 unspecified atom stereocenters. The summed E-state index contributed by atoms with van der Waals surface area (Å²) in [6, 6.07) is 2.80. The fourth-order valence-corrected chi connectivity index (χ4v) is 3.00. The number of benzene rings is 1. The van der Waals surface area contributed by atoms with Gasteiger partial charge in [-0.2, -0.15) is 18.2 Å². The third-order valence-electron chi connectivity index (χ3n) is 4.07. The Kier molecular flexibility index (Phi) is 4.01. The Hall–Kier alpha value is -3.31. The van der Waals surface area contributed by atoms with Crippen molar-refractivity contribution < 1.29 is 36.7 Å². The van der Waals surface area contributed by atoms with Gasteiger partial charge in [-0.15, -0.1) is 0 Å². The lowest BCUT2D eigenvalue weighted by Crippen LogP contribution is -2.72. The van der Waals surface area contributed by atoms with Crippen LogP contribution in [0.15, 0.2) is 29.3 Å². The van der Waals surface area contributed by atoms with E-state index < -0.39 is 53.0 Å². The number of anilines is 1. The van der Waals surface area contributed by atoms with Crippen LogP contribution in [-0.2, 0) is 14.4 Å². The summed E-state index contributed by atoms with van der Waals surface area (Å²) in [6.45, 7) is 0.738. The Morgan fingerprint density at radius 3 is 2.33 bits per heavy atom. The zero-order valence-electron chi connectivity index (χ0n) is 13.4. The molecule has 5 amide bonds. The van der Waals surface area contributed by atoms with Crippen LogP contribution in [0.5, 0.6) is 0 Å². The topological polar surface area (TPSA) is 108 Å². The first kappa shape index (κ1) is 18.5. The van der Waals surface area contributed by atoms with Crippen LogP contribution in [0.2, 0.25) is 0 Å². The van der Waals surface area contributed by atoms with Crippen LogP contribution in [0.1, 0.15) is 6.92 Å².